The van der Waals surface area contributed by atoms with Crippen molar-refractivity contribution in [1.82, 2.24) is 14.8 Å². The van der Waals surface area contributed by atoms with Gasteiger partial charge in [-0.1, -0.05) is 11.6 Å². The van der Waals surface area contributed by atoms with Gasteiger partial charge in [0.1, 0.15) is 11.1 Å². The van der Waals surface area contributed by atoms with Crippen molar-refractivity contribution in [2.45, 2.75) is 24.9 Å². The third kappa shape index (κ3) is 4.39. The highest BCUT2D eigenvalue weighted by Gasteiger charge is 2.36. The third-order valence-corrected chi connectivity index (χ3v) is 3.72. The Bertz CT molecular complexity index is 706. The Morgan fingerprint density at radius 3 is 2.71 bits per heavy atom. The molecule has 2 heterocycles. The number of halogens is 5. The van der Waals surface area contributed by atoms with Crippen LogP contribution in [-0.2, 0) is 4.79 Å². The highest BCUT2D eigenvalue weighted by atomic mass is 35.5. The topological polar surface area (TPSA) is 51.0 Å². The second-order valence-corrected chi connectivity index (χ2v) is 5.72. The van der Waals surface area contributed by atoms with Crippen LogP contribution in [0.2, 0.25) is 5.15 Å². The van der Waals surface area contributed by atoms with Crippen LogP contribution >= 0.6 is 23.2 Å². The van der Waals surface area contributed by atoms with Gasteiger partial charge in [-0.25, -0.2) is 4.68 Å². The van der Waals surface area contributed by atoms with E-state index in [-0.39, 0.29) is 17.4 Å². The van der Waals surface area contributed by atoms with E-state index in [1.54, 1.807) is 25.3 Å². The molecule has 0 aliphatic rings. The molecule has 1 unspecified atom stereocenters. The minimum atomic E-state index is -4.54. The summed E-state index contributed by atoms with van der Waals surface area (Å²) in [6.07, 6.45) is -1.41. The lowest BCUT2D eigenvalue weighted by atomic mass is 10.2. The summed E-state index contributed by atoms with van der Waals surface area (Å²) in [6.45, 7) is 1.70. The molecule has 0 aliphatic heterocycles. The summed E-state index contributed by atoms with van der Waals surface area (Å²) in [7, 11) is 0. The standard InChI is InChI=1S/C14H13Cl2F3N4O/c1-2-22(13(24)10(15)6-14(17,18)19)11-8-23(21-12(11)16)9-4-3-5-20-7-9/h3-5,7-8,10H,2,6H2,1H3. The minimum Gasteiger partial charge on any atom is -0.307 e. The maximum absolute atomic E-state index is 12.4. The molecule has 1 atom stereocenters. The van der Waals surface area contributed by atoms with Gasteiger partial charge in [-0.15, -0.1) is 11.6 Å². The summed E-state index contributed by atoms with van der Waals surface area (Å²) in [5, 5.41) is 2.29. The molecule has 0 saturated carbocycles. The fourth-order valence-corrected chi connectivity index (χ4v) is 2.58. The van der Waals surface area contributed by atoms with Crippen LogP contribution in [0.1, 0.15) is 13.3 Å². The summed E-state index contributed by atoms with van der Waals surface area (Å²) >= 11 is 11.7. The van der Waals surface area contributed by atoms with Gasteiger partial charge < -0.3 is 4.90 Å². The van der Waals surface area contributed by atoms with Gasteiger partial charge in [0.05, 0.1) is 24.5 Å². The third-order valence-electron chi connectivity index (χ3n) is 3.11. The van der Waals surface area contributed by atoms with E-state index in [0.29, 0.717) is 5.69 Å². The van der Waals surface area contributed by atoms with E-state index in [9.17, 15) is 18.0 Å². The van der Waals surface area contributed by atoms with Crippen molar-refractivity contribution in [3.05, 3.63) is 35.9 Å². The van der Waals surface area contributed by atoms with Crippen LogP contribution in [0.3, 0.4) is 0 Å². The van der Waals surface area contributed by atoms with Crippen molar-refractivity contribution in [2.24, 2.45) is 0 Å². The van der Waals surface area contributed by atoms with E-state index >= 15 is 0 Å². The predicted octanol–water partition coefficient (Wildman–Crippen LogP) is 3.83. The Balaban J connectivity index is 2.28. The Hall–Kier alpha value is -1.80. The molecule has 0 radical (unpaired) electrons. The van der Waals surface area contributed by atoms with Crippen LogP contribution in [0.4, 0.5) is 18.9 Å². The number of anilines is 1. The van der Waals surface area contributed by atoms with Gasteiger partial charge >= 0.3 is 6.18 Å². The van der Waals surface area contributed by atoms with E-state index in [1.807, 2.05) is 0 Å². The molecule has 2 aromatic rings. The molecular formula is C14H13Cl2F3N4O. The number of aromatic nitrogens is 3. The highest BCUT2D eigenvalue weighted by molar-refractivity contribution is 6.35. The average Bonchev–Trinajstić information content (AvgIpc) is 2.89. The molecule has 2 aromatic heterocycles. The van der Waals surface area contributed by atoms with Gasteiger partial charge in [0, 0.05) is 12.7 Å². The second-order valence-electron chi connectivity index (χ2n) is 4.83. The minimum absolute atomic E-state index is 0.0232. The fraction of sp³-hybridized carbons (Fsp3) is 0.357. The van der Waals surface area contributed by atoms with Gasteiger partial charge in [-0.05, 0) is 19.1 Å². The molecule has 2 rings (SSSR count). The summed E-state index contributed by atoms with van der Waals surface area (Å²) in [4.78, 5) is 17.2. The monoisotopic (exact) mass is 380 g/mol. The molecule has 0 saturated heterocycles. The van der Waals surface area contributed by atoms with E-state index < -0.39 is 23.9 Å². The van der Waals surface area contributed by atoms with Gasteiger partial charge in [0.25, 0.3) is 0 Å². The molecule has 0 spiro atoms. The number of nitrogens with zero attached hydrogens (tertiary/aromatic N) is 4. The first kappa shape index (κ1) is 18.5. The van der Waals surface area contributed by atoms with Gasteiger partial charge in [-0.2, -0.15) is 18.3 Å². The van der Waals surface area contributed by atoms with Gasteiger partial charge in [0.2, 0.25) is 5.91 Å². The van der Waals surface area contributed by atoms with Crippen LogP contribution in [0.15, 0.2) is 30.7 Å². The largest absolute Gasteiger partial charge is 0.391 e. The second kappa shape index (κ2) is 7.40. The van der Waals surface area contributed by atoms with E-state index in [1.165, 1.54) is 17.1 Å². The first-order chi connectivity index (χ1) is 11.2. The number of pyridine rings is 1. The SMILES string of the molecule is CCN(C(=O)C(Cl)CC(F)(F)F)c1cn(-c2cccnc2)nc1Cl. The lowest BCUT2D eigenvalue weighted by Gasteiger charge is -2.22. The summed E-state index contributed by atoms with van der Waals surface area (Å²) < 4.78 is 38.7. The van der Waals surface area contributed by atoms with Crippen LogP contribution in [0, 0.1) is 0 Å². The molecule has 24 heavy (non-hydrogen) atoms. The van der Waals surface area contributed by atoms with Crippen molar-refractivity contribution in [1.29, 1.82) is 0 Å². The number of hydrogen-bond acceptors (Lipinski definition) is 3. The molecule has 0 N–H and O–H groups in total. The summed E-state index contributed by atoms with van der Waals surface area (Å²) in [5.41, 5.74) is 0.771. The molecule has 0 bridgehead atoms. The Kier molecular flexibility index (Phi) is 5.71. The van der Waals surface area contributed by atoms with Gasteiger partial charge in [0.15, 0.2) is 5.15 Å². The van der Waals surface area contributed by atoms with Crippen LogP contribution < -0.4 is 4.90 Å². The lowest BCUT2D eigenvalue weighted by molar-refractivity contribution is -0.142. The van der Waals surface area contributed by atoms with Crippen molar-refractivity contribution in [3.8, 4) is 5.69 Å². The normalized spacial score (nSPS) is 12.9. The summed E-state index contributed by atoms with van der Waals surface area (Å²) in [5.74, 6) is -0.885. The molecule has 130 valence electrons. The maximum Gasteiger partial charge on any atom is 0.391 e. The Labute approximate surface area is 146 Å². The molecular weight excluding hydrogens is 368 g/mol. The Morgan fingerprint density at radius 1 is 1.46 bits per heavy atom. The zero-order valence-corrected chi connectivity index (χ0v) is 14.0. The highest BCUT2D eigenvalue weighted by Crippen LogP contribution is 2.30. The van der Waals surface area contributed by atoms with Crippen LogP contribution in [0.5, 0.6) is 0 Å². The summed E-state index contributed by atoms with van der Waals surface area (Å²) in [6, 6.07) is 3.40. The average molecular weight is 381 g/mol. The van der Waals surface area contributed by atoms with Crippen molar-refractivity contribution < 1.29 is 18.0 Å². The van der Waals surface area contributed by atoms with Crippen molar-refractivity contribution in [3.63, 3.8) is 0 Å². The number of hydrogen-bond donors (Lipinski definition) is 0. The molecule has 0 fully saturated rings. The number of amides is 1. The van der Waals surface area contributed by atoms with E-state index in [2.05, 4.69) is 10.1 Å². The number of carbonyl (C=O) groups is 1. The Morgan fingerprint density at radius 2 is 2.17 bits per heavy atom. The molecule has 10 heteroatoms. The fourth-order valence-electron chi connectivity index (χ4n) is 2.05. The van der Waals surface area contributed by atoms with E-state index in [4.69, 9.17) is 23.2 Å². The number of rotatable bonds is 5. The molecule has 0 aliphatic carbocycles. The van der Waals surface area contributed by atoms with Crippen LogP contribution in [-0.4, -0.2) is 38.8 Å². The zero-order valence-electron chi connectivity index (χ0n) is 12.5. The number of carbonyl (C=O) groups excluding carboxylic acids is 1. The lowest BCUT2D eigenvalue weighted by Crippen LogP contribution is -2.38. The first-order valence-corrected chi connectivity index (χ1v) is 7.72. The smallest absolute Gasteiger partial charge is 0.307 e. The maximum atomic E-state index is 12.4. The zero-order chi connectivity index (χ0) is 17.9. The predicted molar refractivity (Wildman–Crippen MR) is 84.7 cm³/mol. The molecule has 1 amide bonds. The van der Waals surface area contributed by atoms with Crippen molar-refractivity contribution in [2.75, 3.05) is 11.4 Å². The molecule has 5 nitrogen and oxygen atoms in total. The van der Waals surface area contributed by atoms with E-state index in [0.717, 1.165) is 4.90 Å². The van der Waals surface area contributed by atoms with Crippen LogP contribution in [0.25, 0.3) is 5.69 Å². The quantitative estimate of drug-likeness (QED) is 0.740. The van der Waals surface area contributed by atoms with Gasteiger partial charge in [-0.3, -0.25) is 9.78 Å². The first-order valence-electron chi connectivity index (χ1n) is 6.90. The number of alkyl halides is 4. The van der Waals surface area contributed by atoms with Crippen molar-refractivity contribution >= 4 is 34.8 Å². The molecule has 0 aromatic carbocycles.